The lowest BCUT2D eigenvalue weighted by molar-refractivity contribution is -0.122. The van der Waals surface area contributed by atoms with E-state index in [1.165, 1.54) is 6.07 Å². The van der Waals surface area contributed by atoms with Crippen LogP contribution in [0.2, 0.25) is 0 Å². The highest BCUT2D eigenvalue weighted by molar-refractivity contribution is 7.80. The van der Waals surface area contributed by atoms with Crippen molar-refractivity contribution >= 4 is 28.8 Å². The van der Waals surface area contributed by atoms with Crippen LogP contribution in [0, 0.1) is 18.2 Å². The number of nitrogens with two attached hydrogens (primary N) is 1. The number of amides is 1. The average Bonchev–Trinajstić information content (AvgIpc) is 2.83. The fourth-order valence-electron chi connectivity index (χ4n) is 2.53. The predicted octanol–water partition coefficient (Wildman–Crippen LogP) is 2.92. The largest absolute Gasteiger partial charge is 0.392 e. The van der Waals surface area contributed by atoms with Crippen LogP contribution in [-0.4, -0.2) is 10.9 Å². The van der Waals surface area contributed by atoms with Crippen LogP contribution in [0.25, 0.3) is 0 Å². The number of aryl methyl sites for hydroxylation is 1. The second-order valence-electron chi connectivity index (χ2n) is 5.09. The molecule has 102 valence electrons. The molecule has 1 amide bonds. The molecule has 0 spiro atoms. The molecule has 1 aliphatic rings. The van der Waals surface area contributed by atoms with Gasteiger partial charge in [0.05, 0.1) is 16.1 Å². The van der Waals surface area contributed by atoms with Gasteiger partial charge in [0.1, 0.15) is 5.82 Å². The summed E-state index contributed by atoms with van der Waals surface area (Å²) < 4.78 is 13.7. The first-order valence-electron chi connectivity index (χ1n) is 6.33. The zero-order valence-corrected chi connectivity index (χ0v) is 11.6. The zero-order chi connectivity index (χ0) is 14.0. The van der Waals surface area contributed by atoms with Crippen LogP contribution in [0.15, 0.2) is 18.2 Å². The van der Waals surface area contributed by atoms with Gasteiger partial charge in [-0.25, -0.2) is 4.39 Å². The van der Waals surface area contributed by atoms with Crippen LogP contribution in [-0.2, 0) is 4.79 Å². The van der Waals surface area contributed by atoms with E-state index in [9.17, 15) is 9.18 Å². The average molecular weight is 280 g/mol. The number of carbonyl (C=O) groups excluding carboxylic acids is 1. The molecule has 5 heteroatoms. The van der Waals surface area contributed by atoms with Gasteiger partial charge in [-0.15, -0.1) is 0 Å². The Labute approximate surface area is 117 Å². The maximum absolute atomic E-state index is 13.7. The predicted molar refractivity (Wildman–Crippen MR) is 77.5 cm³/mol. The van der Waals surface area contributed by atoms with E-state index in [-0.39, 0.29) is 16.6 Å². The van der Waals surface area contributed by atoms with Gasteiger partial charge >= 0.3 is 0 Å². The maximum atomic E-state index is 13.7. The monoisotopic (exact) mass is 280 g/mol. The molecule has 1 aliphatic carbocycles. The minimum Gasteiger partial charge on any atom is -0.392 e. The molecule has 0 heterocycles. The number of nitrogens with one attached hydrogen (secondary N) is 1. The van der Waals surface area contributed by atoms with Gasteiger partial charge < -0.3 is 11.1 Å². The van der Waals surface area contributed by atoms with E-state index in [0.717, 1.165) is 18.4 Å². The van der Waals surface area contributed by atoms with E-state index in [1.54, 1.807) is 19.1 Å². The molecule has 0 aliphatic heterocycles. The quantitative estimate of drug-likeness (QED) is 0.837. The van der Waals surface area contributed by atoms with Crippen LogP contribution in [0.1, 0.15) is 31.2 Å². The Balaban J connectivity index is 2.22. The van der Waals surface area contributed by atoms with Gasteiger partial charge in [-0.1, -0.05) is 31.1 Å². The molecule has 0 radical (unpaired) electrons. The number of hydrogen-bond donors (Lipinski definition) is 2. The van der Waals surface area contributed by atoms with Crippen molar-refractivity contribution in [2.45, 2.75) is 32.6 Å². The standard InChI is InChI=1S/C14H17FN2OS/c1-9-4-5-11(10(15)8-9)17-13(18)14(12(16)19)6-2-3-7-14/h4-5,8H,2-3,6-7H2,1H3,(H2,16,19)(H,17,18). The number of anilines is 1. The fraction of sp³-hybridized carbons (Fsp3) is 0.429. The van der Waals surface area contributed by atoms with Gasteiger partial charge in [0.25, 0.3) is 0 Å². The van der Waals surface area contributed by atoms with Crippen molar-refractivity contribution in [2.75, 3.05) is 5.32 Å². The Morgan fingerprint density at radius 1 is 1.42 bits per heavy atom. The summed E-state index contributed by atoms with van der Waals surface area (Å²) in [6.45, 7) is 1.79. The lowest BCUT2D eigenvalue weighted by atomic mass is 9.85. The summed E-state index contributed by atoms with van der Waals surface area (Å²) in [5.74, 6) is -0.732. The second kappa shape index (κ2) is 5.25. The summed E-state index contributed by atoms with van der Waals surface area (Å²) in [5, 5.41) is 2.62. The molecule has 0 bridgehead atoms. The third-order valence-electron chi connectivity index (χ3n) is 3.74. The van der Waals surface area contributed by atoms with Crippen molar-refractivity contribution in [1.82, 2.24) is 0 Å². The molecule has 1 aromatic carbocycles. The van der Waals surface area contributed by atoms with Gasteiger partial charge in [-0.2, -0.15) is 0 Å². The summed E-state index contributed by atoms with van der Waals surface area (Å²) >= 11 is 5.04. The lowest BCUT2D eigenvalue weighted by Crippen LogP contribution is -2.44. The van der Waals surface area contributed by atoms with E-state index in [1.807, 2.05) is 0 Å². The number of thiocarbonyl (C=S) groups is 1. The number of carbonyl (C=O) groups is 1. The van der Waals surface area contributed by atoms with Crippen molar-refractivity contribution in [3.63, 3.8) is 0 Å². The van der Waals surface area contributed by atoms with Gasteiger partial charge in [0.2, 0.25) is 5.91 Å². The highest BCUT2D eigenvalue weighted by atomic mass is 32.1. The van der Waals surface area contributed by atoms with Crippen LogP contribution in [0.4, 0.5) is 10.1 Å². The normalized spacial score (nSPS) is 17.2. The fourth-order valence-corrected chi connectivity index (χ4v) is 2.82. The van der Waals surface area contributed by atoms with Crippen molar-refractivity contribution < 1.29 is 9.18 Å². The molecule has 3 N–H and O–H groups in total. The van der Waals surface area contributed by atoms with Gasteiger partial charge in [-0.05, 0) is 37.5 Å². The van der Waals surface area contributed by atoms with Crippen LogP contribution in [0.5, 0.6) is 0 Å². The molecule has 1 aromatic rings. The van der Waals surface area contributed by atoms with Crippen LogP contribution >= 0.6 is 12.2 Å². The highest BCUT2D eigenvalue weighted by Crippen LogP contribution is 2.39. The Kier molecular flexibility index (Phi) is 3.85. The molecule has 0 saturated heterocycles. The third-order valence-corrected chi connectivity index (χ3v) is 4.13. The smallest absolute Gasteiger partial charge is 0.237 e. The molecule has 0 unspecified atom stereocenters. The first kappa shape index (κ1) is 13.9. The highest BCUT2D eigenvalue weighted by Gasteiger charge is 2.44. The Morgan fingerprint density at radius 2 is 2.05 bits per heavy atom. The first-order chi connectivity index (χ1) is 8.95. The number of benzene rings is 1. The molecule has 1 fully saturated rings. The van der Waals surface area contributed by atoms with Gasteiger partial charge in [0, 0.05) is 0 Å². The minimum atomic E-state index is -0.813. The number of halogens is 1. The molecule has 0 aromatic heterocycles. The summed E-state index contributed by atoms with van der Waals surface area (Å²) in [4.78, 5) is 12.6. The molecular formula is C14H17FN2OS. The van der Waals surface area contributed by atoms with E-state index < -0.39 is 11.2 Å². The van der Waals surface area contributed by atoms with Crippen LogP contribution < -0.4 is 11.1 Å². The molecular weight excluding hydrogens is 263 g/mol. The molecule has 0 atom stereocenters. The molecule has 19 heavy (non-hydrogen) atoms. The Bertz CT molecular complexity index is 524. The topological polar surface area (TPSA) is 55.1 Å². The van der Waals surface area contributed by atoms with Crippen molar-refractivity contribution in [2.24, 2.45) is 11.1 Å². The minimum absolute atomic E-state index is 0.179. The Morgan fingerprint density at radius 3 is 2.58 bits per heavy atom. The van der Waals surface area contributed by atoms with Crippen molar-refractivity contribution in [1.29, 1.82) is 0 Å². The Hall–Kier alpha value is -1.49. The summed E-state index contributed by atoms with van der Waals surface area (Å²) in [7, 11) is 0. The van der Waals surface area contributed by atoms with Crippen LogP contribution in [0.3, 0.4) is 0 Å². The van der Waals surface area contributed by atoms with E-state index in [2.05, 4.69) is 5.32 Å². The van der Waals surface area contributed by atoms with E-state index >= 15 is 0 Å². The van der Waals surface area contributed by atoms with Gasteiger partial charge in [-0.3, -0.25) is 4.79 Å². The summed E-state index contributed by atoms with van der Waals surface area (Å²) in [6, 6.07) is 4.70. The molecule has 2 rings (SSSR count). The lowest BCUT2D eigenvalue weighted by Gasteiger charge is -2.26. The number of rotatable bonds is 3. The van der Waals surface area contributed by atoms with Crippen molar-refractivity contribution in [3.8, 4) is 0 Å². The SMILES string of the molecule is Cc1ccc(NC(=O)C2(C(N)=S)CCCC2)c(F)c1. The number of hydrogen-bond acceptors (Lipinski definition) is 2. The molecule has 1 saturated carbocycles. The van der Waals surface area contributed by atoms with E-state index in [4.69, 9.17) is 18.0 Å². The third kappa shape index (κ3) is 2.61. The van der Waals surface area contributed by atoms with E-state index in [0.29, 0.717) is 12.8 Å². The van der Waals surface area contributed by atoms with Crippen molar-refractivity contribution in [3.05, 3.63) is 29.6 Å². The first-order valence-corrected chi connectivity index (χ1v) is 6.74. The maximum Gasteiger partial charge on any atom is 0.237 e. The molecule has 3 nitrogen and oxygen atoms in total. The second-order valence-corrected chi connectivity index (χ2v) is 5.53. The van der Waals surface area contributed by atoms with Gasteiger partial charge in [0.15, 0.2) is 0 Å². The zero-order valence-electron chi connectivity index (χ0n) is 10.8. The summed E-state index contributed by atoms with van der Waals surface area (Å²) in [5.41, 5.74) is 5.90. The summed E-state index contributed by atoms with van der Waals surface area (Å²) in [6.07, 6.45) is 3.12.